The monoisotopic (exact) mass is 361 g/mol. The van der Waals surface area contributed by atoms with Crippen LogP contribution >= 0.6 is 11.6 Å². The number of carbonyl (C=O) groups is 2. The number of nitrogens with one attached hydrogen (secondary N) is 1. The minimum atomic E-state index is -1.28. The summed E-state index contributed by atoms with van der Waals surface area (Å²) < 4.78 is 10.3. The van der Waals surface area contributed by atoms with Gasteiger partial charge in [0.2, 0.25) is 0 Å². The molecule has 0 saturated carbocycles. The zero-order valence-corrected chi connectivity index (χ0v) is 14.3. The molecule has 0 fully saturated rings. The Bertz CT molecular complexity index is 832. The van der Waals surface area contributed by atoms with E-state index in [1.165, 1.54) is 26.4 Å². The van der Waals surface area contributed by atoms with E-state index in [0.29, 0.717) is 17.1 Å². The molecule has 25 heavy (non-hydrogen) atoms. The number of carbonyl (C=O) groups excluding carboxylic acids is 1. The van der Waals surface area contributed by atoms with Gasteiger partial charge in [-0.25, -0.2) is 4.79 Å². The van der Waals surface area contributed by atoms with Crippen molar-refractivity contribution in [2.24, 2.45) is 0 Å². The first-order valence-corrected chi connectivity index (χ1v) is 7.57. The van der Waals surface area contributed by atoms with Crippen LogP contribution in [0.5, 0.6) is 11.5 Å². The first kappa shape index (κ1) is 18.4. The molecule has 0 aliphatic heterocycles. The van der Waals surface area contributed by atoms with Gasteiger partial charge in [0.15, 0.2) is 11.5 Å². The third-order valence-corrected chi connectivity index (χ3v) is 3.65. The van der Waals surface area contributed by atoms with Crippen LogP contribution < -0.4 is 14.8 Å². The molecule has 0 unspecified atom stereocenters. The number of halogens is 1. The van der Waals surface area contributed by atoms with Crippen LogP contribution in [-0.4, -0.2) is 31.2 Å². The highest BCUT2D eigenvalue weighted by Gasteiger charge is 2.16. The van der Waals surface area contributed by atoms with Crippen LogP contribution in [0, 0.1) is 0 Å². The van der Waals surface area contributed by atoms with Crippen LogP contribution in [0.4, 0.5) is 0 Å². The van der Waals surface area contributed by atoms with Crippen LogP contribution in [-0.2, 0) is 4.79 Å². The lowest BCUT2D eigenvalue weighted by molar-refractivity contribution is -0.132. The van der Waals surface area contributed by atoms with Crippen molar-refractivity contribution in [2.45, 2.75) is 0 Å². The van der Waals surface area contributed by atoms with Crippen molar-refractivity contribution in [3.63, 3.8) is 0 Å². The van der Waals surface area contributed by atoms with E-state index in [1.54, 1.807) is 36.4 Å². The predicted molar refractivity (Wildman–Crippen MR) is 94.1 cm³/mol. The zero-order valence-electron chi connectivity index (χ0n) is 13.6. The van der Waals surface area contributed by atoms with E-state index in [9.17, 15) is 14.7 Å². The van der Waals surface area contributed by atoms with Gasteiger partial charge in [0, 0.05) is 0 Å². The number of aliphatic carboxylic acids is 1. The number of benzene rings is 2. The van der Waals surface area contributed by atoms with Crippen LogP contribution in [0.3, 0.4) is 0 Å². The third-order valence-electron chi connectivity index (χ3n) is 3.32. The Kier molecular flexibility index (Phi) is 6.03. The summed E-state index contributed by atoms with van der Waals surface area (Å²) in [7, 11) is 2.97. The highest BCUT2D eigenvalue weighted by molar-refractivity contribution is 6.34. The molecular weight excluding hydrogens is 346 g/mol. The van der Waals surface area contributed by atoms with Gasteiger partial charge in [-0.15, -0.1) is 0 Å². The van der Waals surface area contributed by atoms with Crippen LogP contribution in [0.1, 0.15) is 15.9 Å². The molecule has 1 amide bonds. The van der Waals surface area contributed by atoms with Crippen molar-refractivity contribution in [2.75, 3.05) is 14.2 Å². The average Bonchev–Trinajstić information content (AvgIpc) is 2.61. The topological polar surface area (TPSA) is 84.9 Å². The summed E-state index contributed by atoms with van der Waals surface area (Å²) in [5, 5.41) is 11.9. The highest BCUT2D eigenvalue weighted by Crippen LogP contribution is 2.28. The smallest absolute Gasteiger partial charge is 0.352 e. The Morgan fingerprint density at radius 2 is 1.76 bits per heavy atom. The number of ether oxygens (including phenoxy) is 2. The van der Waals surface area contributed by atoms with Gasteiger partial charge in [-0.1, -0.05) is 29.8 Å². The number of amides is 1. The maximum atomic E-state index is 12.2. The lowest BCUT2D eigenvalue weighted by Crippen LogP contribution is -2.27. The molecule has 0 bridgehead atoms. The summed E-state index contributed by atoms with van der Waals surface area (Å²) >= 11 is 5.96. The summed E-state index contributed by atoms with van der Waals surface area (Å²) in [5.41, 5.74) is 0.412. The maximum Gasteiger partial charge on any atom is 0.352 e. The molecule has 0 radical (unpaired) electrons. The van der Waals surface area contributed by atoms with Gasteiger partial charge in [-0.3, -0.25) is 4.79 Å². The lowest BCUT2D eigenvalue weighted by Gasteiger charge is -2.10. The molecule has 2 aromatic rings. The molecule has 0 saturated heterocycles. The standard InChI is InChI=1S/C18H16ClNO5/c1-24-15-8-7-11(10-16(15)25-2)9-14(18(22)23)20-17(21)12-5-3-4-6-13(12)19/h3-10H,1-2H3,(H,20,21)(H,22,23)/b14-9-. The molecule has 7 heteroatoms. The van der Waals surface area contributed by atoms with E-state index in [-0.39, 0.29) is 16.3 Å². The molecule has 2 N–H and O–H groups in total. The maximum absolute atomic E-state index is 12.2. The lowest BCUT2D eigenvalue weighted by atomic mass is 10.1. The Balaban J connectivity index is 2.32. The minimum Gasteiger partial charge on any atom is -0.493 e. The fourth-order valence-electron chi connectivity index (χ4n) is 2.10. The third kappa shape index (κ3) is 4.51. The molecule has 130 valence electrons. The molecule has 0 spiro atoms. The molecule has 0 aliphatic carbocycles. The van der Waals surface area contributed by atoms with Gasteiger partial charge in [0.25, 0.3) is 5.91 Å². The summed E-state index contributed by atoms with van der Waals surface area (Å²) in [6.45, 7) is 0. The Labute approximate surface area is 149 Å². The van der Waals surface area contributed by atoms with Gasteiger partial charge in [0.05, 0.1) is 24.8 Å². The fraction of sp³-hybridized carbons (Fsp3) is 0.111. The van der Waals surface area contributed by atoms with Crippen molar-refractivity contribution >= 4 is 29.6 Å². The SMILES string of the molecule is COc1ccc(/C=C(\NC(=O)c2ccccc2Cl)C(=O)O)cc1OC. The van der Waals surface area contributed by atoms with Crippen LogP contribution in [0.2, 0.25) is 5.02 Å². The first-order chi connectivity index (χ1) is 12.0. The van der Waals surface area contributed by atoms with Crippen molar-refractivity contribution in [3.8, 4) is 11.5 Å². The molecular formula is C18H16ClNO5. The summed E-state index contributed by atoms with van der Waals surface area (Å²) in [5.74, 6) is -0.940. The molecule has 0 atom stereocenters. The highest BCUT2D eigenvalue weighted by atomic mass is 35.5. The number of rotatable bonds is 6. The number of carboxylic acids is 1. The Morgan fingerprint density at radius 3 is 2.36 bits per heavy atom. The quantitative estimate of drug-likeness (QED) is 0.772. The van der Waals surface area contributed by atoms with Gasteiger partial charge >= 0.3 is 5.97 Å². The number of methoxy groups -OCH3 is 2. The van der Waals surface area contributed by atoms with Gasteiger partial charge in [-0.2, -0.15) is 0 Å². The number of hydrogen-bond donors (Lipinski definition) is 2. The summed E-state index contributed by atoms with van der Waals surface area (Å²) in [6, 6.07) is 11.3. The van der Waals surface area contributed by atoms with Gasteiger partial charge in [0.1, 0.15) is 5.70 Å². The average molecular weight is 362 g/mol. The van der Waals surface area contributed by atoms with Gasteiger partial charge in [-0.05, 0) is 35.9 Å². The van der Waals surface area contributed by atoms with Gasteiger partial charge < -0.3 is 19.9 Å². The van der Waals surface area contributed by atoms with E-state index >= 15 is 0 Å². The number of carboxylic acid groups (broad SMARTS) is 1. The largest absolute Gasteiger partial charge is 0.493 e. The number of hydrogen-bond acceptors (Lipinski definition) is 4. The van der Waals surface area contributed by atoms with E-state index in [0.717, 1.165) is 0 Å². The molecule has 2 rings (SSSR count). The summed E-state index contributed by atoms with van der Waals surface area (Å²) in [4.78, 5) is 23.7. The van der Waals surface area contributed by atoms with E-state index < -0.39 is 11.9 Å². The second kappa shape index (κ2) is 8.21. The van der Waals surface area contributed by atoms with E-state index in [1.807, 2.05) is 0 Å². The van der Waals surface area contributed by atoms with Crippen LogP contribution in [0.25, 0.3) is 6.08 Å². The van der Waals surface area contributed by atoms with Crippen molar-refractivity contribution < 1.29 is 24.2 Å². The molecule has 0 aromatic heterocycles. The Hall–Kier alpha value is -2.99. The second-order valence-corrected chi connectivity index (χ2v) is 5.32. The summed E-state index contributed by atoms with van der Waals surface area (Å²) in [6.07, 6.45) is 1.32. The van der Waals surface area contributed by atoms with Crippen molar-refractivity contribution in [1.29, 1.82) is 0 Å². The van der Waals surface area contributed by atoms with Crippen LogP contribution in [0.15, 0.2) is 48.2 Å². The Morgan fingerprint density at radius 1 is 1.08 bits per heavy atom. The molecule has 0 aliphatic rings. The first-order valence-electron chi connectivity index (χ1n) is 7.19. The van der Waals surface area contributed by atoms with Crippen molar-refractivity contribution in [1.82, 2.24) is 5.32 Å². The van der Waals surface area contributed by atoms with E-state index in [4.69, 9.17) is 21.1 Å². The predicted octanol–water partition coefficient (Wildman–Crippen LogP) is 3.21. The second-order valence-electron chi connectivity index (χ2n) is 4.91. The normalized spacial score (nSPS) is 10.9. The molecule has 2 aromatic carbocycles. The fourth-order valence-corrected chi connectivity index (χ4v) is 2.32. The molecule has 0 heterocycles. The molecule has 6 nitrogen and oxygen atoms in total. The minimum absolute atomic E-state index is 0.184. The zero-order chi connectivity index (χ0) is 18.4. The van der Waals surface area contributed by atoms with E-state index in [2.05, 4.69) is 5.32 Å². The van der Waals surface area contributed by atoms with Crippen molar-refractivity contribution in [3.05, 3.63) is 64.3 Å².